The number of aromatic amines is 1. The Labute approximate surface area is 104 Å². The number of rotatable bonds is 3. The maximum Gasteiger partial charge on any atom is 0.304 e. The molecule has 3 nitrogen and oxygen atoms in total. The van der Waals surface area contributed by atoms with Gasteiger partial charge in [-0.2, -0.15) is 0 Å². The summed E-state index contributed by atoms with van der Waals surface area (Å²) >= 11 is 6.05. The highest BCUT2D eigenvalue weighted by atomic mass is 35.5. The lowest BCUT2D eigenvalue weighted by Crippen LogP contribution is -2.21. The third-order valence-electron chi connectivity index (χ3n) is 3.01. The number of aliphatic carboxylic acids is 1. The lowest BCUT2D eigenvalue weighted by Gasteiger charge is -2.23. The van der Waals surface area contributed by atoms with Crippen molar-refractivity contribution in [2.45, 2.75) is 25.7 Å². The molecule has 0 unspecified atom stereocenters. The summed E-state index contributed by atoms with van der Waals surface area (Å²) in [7, 11) is 0. The van der Waals surface area contributed by atoms with Crippen molar-refractivity contribution in [1.82, 2.24) is 4.98 Å². The third kappa shape index (κ3) is 2.29. The summed E-state index contributed by atoms with van der Waals surface area (Å²) in [6.45, 7) is 3.84. The van der Waals surface area contributed by atoms with E-state index in [0.717, 1.165) is 16.5 Å². The molecule has 90 valence electrons. The van der Waals surface area contributed by atoms with Gasteiger partial charge in [0.25, 0.3) is 0 Å². The zero-order chi connectivity index (χ0) is 12.6. The summed E-state index contributed by atoms with van der Waals surface area (Å²) in [5.74, 6) is -0.796. The fraction of sp³-hybridized carbons (Fsp3) is 0.308. The molecule has 1 heterocycles. The van der Waals surface area contributed by atoms with Crippen molar-refractivity contribution < 1.29 is 9.90 Å². The van der Waals surface area contributed by atoms with E-state index >= 15 is 0 Å². The summed E-state index contributed by atoms with van der Waals surface area (Å²) < 4.78 is 0. The molecule has 0 spiro atoms. The summed E-state index contributed by atoms with van der Waals surface area (Å²) in [6.07, 6.45) is 1.83. The van der Waals surface area contributed by atoms with E-state index in [0.29, 0.717) is 5.02 Å². The fourth-order valence-corrected chi connectivity index (χ4v) is 2.20. The van der Waals surface area contributed by atoms with E-state index in [1.54, 1.807) is 6.20 Å². The number of fused-ring (bicyclic) bond motifs is 1. The lowest BCUT2D eigenvalue weighted by molar-refractivity contribution is -0.138. The predicted molar refractivity (Wildman–Crippen MR) is 68.6 cm³/mol. The van der Waals surface area contributed by atoms with E-state index in [2.05, 4.69) is 4.98 Å². The van der Waals surface area contributed by atoms with Crippen LogP contribution in [-0.2, 0) is 10.2 Å². The number of carboxylic acids is 1. The Kier molecular flexibility index (Phi) is 2.87. The first-order valence-electron chi connectivity index (χ1n) is 5.39. The second kappa shape index (κ2) is 4.08. The molecular weight excluding hydrogens is 238 g/mol. The third-order valence-corrected chi connectivity index (χ3v) is 3.32. The summed E-state index contributed by atoms with van der Waals surface area (Å²) in [5, 5.41) is 10.5. The Morgan fingerprint density at radius 3 is 2.82 bits per heavy atom. The van der Waals surface area contributed by atoms with Gasteiger partial charge in [0.2, 0.25) is 0 Å². The van der Waals surface area contributed by atoms with Gasteiger partial charge in [0.05, 0.1) is 11.4 Å². The standard InChI is InChI=1S/C13H14ClNO2/c1-13(2,6-12(16)17)8-3-4-11-9(5-8)10(14)7-15-11/h3-5,7,15H,6H2,1-2H3,(H,16,17). The lowest BCUT2D eigenvalue weighted by atomic mass is 9.81. The van der Waals surface area contributed by atoms with Crippen LogP contribution < -0.4 is 0 Å². The zero-order valence-corrected chi connectivity index (χ0v) is 10.5. The van der Waals surface area contributed by atoms with Crippen LogP contribution in [0.3, 0.4) is 0 Å². The molecule has 0 bridgehead atoms. The van der Waals surface area contributed by atoms with Gasteiger partial charge in [-0.25, -0.2) is 0 Å². The number of benzene rings is 1. The van der Waals surface area contributed by atoms with Crippen molar-refractivity contribution in [3.8, 4) is 0 Å². The van der Waals surface area contributed by atoms with E-state index in [-0.39, 0.29) is 6.42 Å². The van der Waals surface area contributed by atoms with Crippen LogP contribution in [0.4, 0.5) is 0 Å². The van der Waals surface area contributed by atoms with E-state index in [1.165, 1.54) is 0 Å². The number of H-pyrrole nitrogens is 1. The first-order chi connectivity index (χ1) is 7.90. The van der Waals surface area contributed by atoms with Gasteiger partial charge in [-0.05, 0) is 17.7 Å². The van der Waals surface area contributed by atoms with Gasteiger partial charge in [0.1, 0.15) is 0 Å². The molecule has 0 aliphatic heterocycles. The van der Waals surface area contributed by atoms with Crippen LogP contribution in [0.15, 0.2) is 24.4 Å². The SMILES string of the molecule is CC(C)(CC(=O)O)c1ccc2[nH]cc(Cl)c2c1. The van der Waals surface area contributed by atoms with Gasteiger partial charge < -0.3 is 10.1 Å². The van der Waals surface area contributed by atoms with Crippen LogP contribution in [0.1, 0.15) is 25.8 Å². The van der Waals surface area contributed by atoms with Crippen molar-refractivity contribution in [2.75, 3.05) is 0 Å². The Balaban J connectivity index is 2.48. The molecule has 1 aromatic heterocycles. The van der Waals surface area contributed by atoms with Gasteiger partial charge in [0, 0.05) is 22.5 Å². The predicted octanol–water partition coefficient (Wildman–Crippen LogP) is 3.57. The van der Waals surface area contributed by atoms with Crippen molar-refractivity contribution in [2.24, 2.45) is 0 Å². The number of hydrogen-bond donors (Lipinski definition) is 2. The minimum atomic E-state index is -0.796. The smallest absolute Gasteiger partial charge is 0.304 e. The monoisotopic (exact) mass is 251 g/mol. The average molecular weight is 252 g/mol. The van der Waals surface area contributed by atoms with Gasteiger partial charge in [-0.15, -0.1) is 0 Å². The Morgan fingerprint density at radius 2 is 2.18 bits per heavy atom. The maximum atomic E-state index is 10.8. The minimum Gasteiger partial charge on any atom is -0.481 e. The van der Waals surface area contributed by atoms with Gasteiger partial charge in [0.15, 0.2) is 0 Å². The van der Waals surface area contributed by atoms with Crippen molar-refractivity contribution in [3.63, 3.8) is 0 Å². The second-order valence-corrected chi connectivity index (χ2v) is 5.26. The first-order valence-corrected chi connectivity index (χ1v) is 5.77. The van der Waals surface area contributed by atoms with E-state index in [1.807, 2.05) is 32.0 Å². The number of hydrogen-bond acceptors (Lipinski definition) is 1. The zero-order valence-electron chi connectivity index (χ0n) is 9.75. The number of carboxylic acid groups (broad SMARTS) is 1. The fourth-order valence-electron chi connectivity index (χ4n) is 1.99. The Morgan fingerprint density at radius 1 is 1.47 bits per heavy atom. The van der Waals surface area contributed by atoms with Crippen molar-refractivity contribution >= 4 is 28.5 Å². The van der Waals surface area contributed by atoms with Crippen LogP contribution in [-0.4, -0.2) is 16.1 Å². The quantitative estimate of drug-likeness (QED) is 0.876. The molecule has 0 amide bonds. The molecule has 1 aromatic carbocycles. The molecule has 0 saturated carbocycles. The molecule has 2 rings (SSSR count). The number of halogens is 1. The minimum absolute atomic E-state index is 0.0978. The normalized spacial score (nSPS) is 11.9. The molecule has 0 aliphatic carbocycles. The van der Waals surface area contributed by atoms with E-state index in [9.17, 15) is 4.79 Å². The van der Waals surface area contributed by atoms with Crippen molar-refractivity contribution in [1.29, 1.82) is 0 Å². The molecule has 0 atom stereocenters. The van der Waals surface area contributed by atoms with Crippen LogP contribution >= 0.6 is 11.6 Å². The summed E-state index contributed by atoms with van der Waals surface area (Å²) in [4.78, 5) is 13.9. The maximum absolute atomic E-state index is 10.8. The second-order valence-electron chi connectivity index (χ2n) is 4.85. The highest BCUT2D eigenvalue weighted by Crippen LogP contribution is 2.31. The van der Waals surface area contributed by atoms with Crippen LogP contribution in [0.25, 0.3) is 10.9 Å². The number of nitrogens with one attached hydrogen (secondary N) is 1. The van der Waals surface area contributed by atoms with Crippen LogP contribution in [0.5, 0.6) is 0 Å². The van der Waals surface area contributed by atoms with Gasteiger partial charge in [-0.1, -0.05) is 31.5 Å². The Bertz CT molecular complexity index is 572. The summed E-state index contributed by atoms with van der Waals surface area (Å²) in [6, 6.07) is 5.83. The van der Waals surface area contributed by atoms with Gasteiger partial charge in [-0.3, -0.25) is 4.79 Å². The number of carbonyl (C=O) groups is 1. The van der Waals surface area contributed by atoms with Gasteiger partial charge >= 0.3 is 5.97 Å². The molecule has 4 heteroatoms. The highest BCUT2D eigenvalue weighted by molar-refractivity contribution is 6.35. The van der Waals surface area contributed by atoms with Crippen LogP contribution in [0, 0.1) is 0 Å². The van der Waals surface area contributed by atoms with E-state index < -0.39 is 11.4 Å². The molecule has 0 aliphatic rings. The van der Waals surface area contributed by atoms with Crippen LogP contribution in [0.2, 0.25) is 5.02 Å². The first kappa shape index (κ1) is 12.0. The molecule has 2 N–H and O–H groups in total. The number of aromatic nitrogens is 1. The topological polar surface area (TPSA) is 53.1 Å². The highest BCUT2D eigenvalue weighted by Gasteiger charge is 2.24. The molecule has 0 fully saturated rings. The van der Waals surface area contributed by atoms with Crippen molar-refractivity contribution in [3.05, 3.63) is 35.0 Å². The molecule has 0 saturated heterocycles. The average Bonchev–Trinajstić information content (AvgIpc) is 2.58. The Hall–Kier alpha value is -1.48. The molecule has 0 radical (unpaired) electrons. The summed E-state index contributed by atoms with van der Waals surface area (Å²) in [5.41, 5.74) is 1.54. The molecule has 17 heavy (non-hydrogen) atoms. The molecular formula is C13H14ClNO2. The molecule has 2 aromatic rings. The van der Waals surface area contributed by atoms with E-state index in [4.69, 9.17) is 16.7 Å². The largest absolute Gasteiger partial charge is 0.481 e.